The summed E-state index contributed by atoms with van der Waals surface area (Å²) in [5.41, 5.74) is 2.62. The van der Waals surface area contributed by atoms with Crippen LogP contribution in [0.3, 0.4) is 0 Å². The van der Waals surface area contributed by atoms with Gasteiger partial charge in [0, 0.05) is 17.1 Å². The van der Waals surface area contributed by atoms with Crippen molar-refractivity contribution in [2.45, 2.75) is 24.1 Å². The van der Waals surface area contributed by atoms with Gasteiger partial charge in [0.15, 0.2) is 0 Å². The van der Waals surface area contributed by atoms with Gasteiger partial charge < -0.3 is 10.6 Å². The predicted octanol–water partition coefficient (Wildman–Crippen LogP) is 4.63. The van der Waals surface area contributed by atoms with Crippen LogP contribution < -0.4 is 10.6 Å². The first-order valence-electron chi connectivity index (χ1n) is 6.68. The van der Waals surface area contributed by atoms with Crippen LogP contribution in [0.1, 0.15) is 11.1 Å². The third kappa shape index (κ3) is 5.37. The minimum absolute atomic E-state index is 0.375. The Morgan fingerprint density at radius 3 is 2.59 bits per heavy atom. The van der Waals surface area contributed by atoms with Crippen molar-refractivity contribution in [3.05, 3.63) is 59.7 Å². The van der Waals surface area contributed by atoms with Gasteiger partial charge in [-0.05, 0) is 30.7 Å². The second-order valence-electron chi connectivity index (χ2n) is 4.70. The van der Waals surface area contributed by atoms with Crippen molar-refractivity contribution in [2.75, 3.05) is 5.32 Å². The highest BCUT2D eigenvalue weighted by Crippen LogP contribution is 2.27. The van der Waals surface area contributed by atoms with E-state index in [9.17, 15) is 13.6 Å². The van der Waals surface area contributed by atoms with Gasteiger partial charge in [-0.25, -0.2) is 4.79 Å². The molecular weight excluding hydrogens is 306 g/mol. The Hall–Kier alpha value is -2.08. The van der Waals surface area contributed by atoms with E-state index in [-0.39, 0.29) is 6.03 Å². The van der Waals surface area contributed by atoms with Crippen LogP contribution in [0, 0.1) is 6.92 Å². The van der Waals surface area contributed by atoms with E-state index in [0.29, 0.717) is 28.9 Å². The molecule has 0 fully saturated rings. The first-order chi connectivity index (χ1) is 10.5. The van der Waals surface area contributed by atoms with Crippen LogP contribution in [0.15, 0.2) is 53.4 Å². The van der Waals surface area contributed by atoms with Crippen molar-refractivity contribution in [3.8, 4) is 0 Å². The van der Waals surface area contributed by atoms with Crippen molar-refractivity contribution in [1.29, 1.82) is 0 Å². The molecule has 22 heavy (non-hydrogen) atoms. The third-order valence-corrected chi connectivity index (χ3v) is 3.60. The Balaban J connectivity index is 1.87. The molecule has 3 nitrogen and oxygen atoms in total. The number of amides is 2. The molecule has 2 N–H and O–H groups in total. The normalized spacial score (nSPS) is 10.5. The Bertz CT molecular complexity index is 632. The van der Waals surface area contributed by atoms with Crippen molar-refractivity contribution in [1.82, 2.24) is 5.32 Å². The number of carbonyl (C=O) groups excluding carboxylic acids is 1. The van der Waals surface area contributed by atoms with Crippen LogP contribution in [0.5, 0.6) is 0 Å². The quantitative estimate of drug-likeness (QED) is 0.788. The Morgan fingerprint density at radius 2 is 1.91 bits per heavy atom. The van der Waals surface area contributed by atoms with E-state index in [2.05, 4.69) is 10.6 Å². The number of alkyl halides is 2. The summed E-state index contributed by atoms with van der Waals surface area (Å²) in [6.07, 6.45) is 0. The van der Waals surface area contributed by atoms with Crippen molar-refractivity contribution >= 4 is 23.5 Å². The van der Waals surface area contributed by atoms with Crippen LogP contribution >= 0.6 is 11.8 Å². The van der Waals surface area contributed by atoms with Gasteiger partial charge in [0.05, 0.1) is 0 Å². The monoisotopic (exact) mass is 322 g/mol. The largest absolute Gasteiger partial charge is 0.334 e. The average Bonchev–Trinajstić information content (AvgIpc) is 2.46. The number of nitrogens with one attached hydrogen (secondary N) is 2. The fraction of sp³-hybridized carbons (Fsp3) is 0.188. The van der Waals surface area contributed by atoms with Gasteiger partial charge in [-0.2, -0.15) is 8.78 Å². The second kappa shape index (κ2) is 7.79. The minimum atomic E-state index is -2.48. The number of thioether (sulfide) groups is 1. The Kier molecular flexibility index (Phi) is 5.77. The first kappa shape index (κ1) is 16.3. The lowest BCUT2D eigenvalue weighted by Gasteiger charge is -2.09. The molecule has 0 aliphatic heterocycles. The summed E-state index contributed by atoms with van der Waals surface area (Å²) in [7, 11) is 0. The lowest BCUT2D eigenvalue weighted by molar-refractivity contribution is 0.251. The lowest BCUT2D eigenvalue weighted by atomic mass is 10.1. The van der Waals surface area contributed by atoms with Crippen molar-refractivity contribution in [3.63, 3.8) is 0 Å². The molecule has 0 heterocycles. The zero-order valence-electron chi connectivity index (χ0n) is 12.0. The molecule has 2 aromatic carbocycles. The molecule has 0 bridgehead atoms. The molecule has 0 radical (unpaired) electrons. The standard InChI is InChI=1S/C16H16F2N2OS/c1-11-5-7-12(8-6-11)10-19-16(21)20-13-3-2-4-14(9-13)22-15(17)18/h2-9,15H,10H2,1H3,(H2,19,20,21). The minimum Gasteiger partial charge on any atom is -0.334 e. The fourth-order valence-electron chi connectivity index (χ4n) is 1.81. The molecule has 0 saturated carbocycles. The van der Waals surface area contributed by atoms with Gasteiger partial charge in [-0.3, -0.25) is 0 Å². The molecule has 2 rings (SSSR count). The molecule has 0 aliphatic rings. The van der Waals surface area contributed by atoms with Crippen LogP contribution in [-0.2, 0) is 6.54 Å². The van der Waals surface area contributed by atoms with Crippen LogP contribution in [0.25, 0.3) is 0 Å². The summed E-state index contributed by atoms with van der Waals surface area (Å²) >= 11 is 0.446. The van der Waals surface area contributed by atoms with E-state index in [0.717, 1.165) is 11.1 Å². The fourth-order valence-corrected chi connectivity index (χ4v) is 2.37. The summed E-state index contributed by atoms with van der Waals surface area (Å²) in [6, 6.07) is 13.8. The average molecular weight is 322 g/mol. The van der Waals surface area contributed by atoms with Crippen LogP contribution in [-0.4, -0.2) is 11.8 Å². The molecule has 0 aromatic heterocycles. The molecule has 0 atom stereocenters. The summed E-state index contributed by atoms with van der Waals surface area (Å²) < 4.78 is 24.6. The van der Waals surface area contributed by atoms with Gasteiger partial charge in [-0.15, -0.1) is 0 Å². The predicted molar refractivity (Wildman–Crippen MR) is 85.3 cm³/mol. The molecule has 0 unspecified atom stereocenters. The molecule has 116 valence electrons. The zero-order valence-corrected chi connectivity index (χ0v) is 12.8. The van der Waals surface area contributed by atoms with Crippen LogP contribution in [0.2, 0.25) is 0 Å². The highest BCUT2D eigenvalue weighted by molar-refractivity contribution is 7.99. The number of carbonyl (C=O) groups is 1. The highest BCUT2D eigenvalue weighted by Gasteiger charge is 2.07. The highest BCUT2D eigenvalue weighted by atomic mass is 32.2. The molecule has 2 aromatic rings. The van der Waals surface area contributed by atoms with E-state index in [1.807, 2.05) is 31.2 Å². The third-order valence-electron chi connectivity index (χ3n) is 2.89. The lowest BCUT2D eigenvalue weighted by Crippen LogP contribution is -2.28. The van der Waals surface area contributed by atoms with E-state index in [4.69, 9.17) is 0 Å². The molecule has 0 aliphatic carbocycles. The number of aryl methyl sites for hydroxylation is 1. The summed E-state index contributed by atoms with van der Waals surface area (Å²) in [6.45, 7) is 2.39. The molecule has 0 saturated heterocycles. The molecule has 2 amide bonds. The topological polar surface area (TPSA) is 41.1 Å². The molecular formula is C16H16F2N2OS. The maximum absolute atomic E-state index is 12.3. The molecule has 6 heteroatoms. The Morgan fingerprint density at radius 1 is 1.18 bits per heavy atom. The van der Waals surface area contributed by atoms with Gasteiger partial charge in [0.25, 0.3) is 5.76 Å². The van der Waals surface area contributed by atoms with Crippen LogP contribution in [0.4, 0.5) is 19.3 Å². The van der Waals surface area contributed by atoms with Crippen molar-refractivity contribution < 1.29 is 13.6 Å². The maximum atomic E-state index is 12.3. The van der Waals surface area contributed by atoms with Gasteiger partial charge in [-0.1, -0.05) is 47.7 Å². The number of hydrogen-bond acceptors (Lipinski definition) is 2. The number of halogens is 2. The van der Waals surface area contributed by atoms with Crippen molar-refractivity contribution in [2.24, 2.45) is 0 Å². The number of hydrogen-bond donors (Lipinski definition) is 2. The first-order valence-corrected chi connectivity index (χ1v) is 7.56. The zero-order chi connectivity index (χ0) is 15.9. The number of benzene rings is 2. The summed E-state index contributed by atoms with van der Waals surface area (Å²) in [5, 5.41) is 5.35. The van der Waals surface area contributed by atoms with E-state index >= 15 is 0 Å². The van der Waals surface area contributed by atoms with Gasteiger partial charge >= 0.3 is 6.03 Å². The van der Waals surface area contributed by atoms with Gasteiger partial charge in [0.1, 0.15) is 0 Å². The molecule has 0 spiro atoms. The van der Waals surface area contributed by atoms with E-state index < -0.39 is 5.76 Å². The maximum Gasteiger partial charge on any atom is 0.319 e. The SMILES string of the molecule is Cc1ccc(CNC(=O)Nc2cccc(SC(F)F)c2)cc1. The summed E-state index contributed by atoms with van der Waals surface area (Å²) in [4.78, 5) is 12.2. The smallest absolute Gasteiger partial charge is 0.319 e. The van der Waals surface area contributed by atoms with E-state index in [1.54, 1.807) is 18.2 Å². The number of anilines is 1. The van der Waals surface area contributed by atoms with Gasteiger partial charge in [0.2, 0.25) is 0 Å². The number of urea groups is 1. The second-order valence-corrected chi connectivity index (χ2v) is 5.76. The Labute approximate surface area is 132 Å². The van der Waals surface area contributed by atoms with E-state index in [1.165, 1.54) is 6.07 Å². The summed E-state index contributed by atoms with van der Waals surface area (Å²) in [5.74, 6) is -2.48. The number of rotatable bonds is 5.